The molecule has 1 aliphatic carbocycles. The summed E-state index contributed by atoms with van der Waals surface area (Å²) in [6.07, 6.45) is 5.42. The topological polar surface area (TPSA) is 35.2 Å². The fourth-order valence-electron chi connectivity index (χ4n) is 2.42. The van der Waals surface area contributed by atoms with Crippen molar-refractivity contribution in [3.05, 3.63) is 29.8 Å². The first-order valence-corrected chi connectivity index (χ1v) is 7.06. The molecule has 2 N–H and O–H groups in total. The first kappa shape index (κ1) is 13.4. The highest BCUT2D eigenvalue weighted by molar-refractivity contribution is 5.31. The summed E-state index contributed by atoms with van der Waals surface area (Å²) in [6.45, 7) is 6.40. The number of benzene rings is 1. The summed E-state index contributed by atoms with van der Waals surface area (Å²) < 4.78 is 5.96. The maximum atomic E-state index is 6.35. The van der Waals surface area contributed by atoms with Crippen molar-refractivity contribution in [3.63, 3.8) is 0 Å². The van der Waals surface area contributed by atoms with Crippen molar-refractivity contribution in [2.75, 3.05) is 0 Å². The molecular weight excluding hydrogens is 222 g/mol. The smallest absolute Gasteiger partial charge is 0.119 e. The third-order valence-corrected chi connectivity index (χ3v) is 4.28. The number of ether oxygens (including phenoxy) is 1. The highest BCUT2D eigenvalue weighted by Gasteiger charge is 2.25. The zero-order valence-electron chi connectivity index (χ0n) is 11.8. The number of nitrogens with two attached hydrogens (primary N) is 1. The summed E-state index contributed by atoms with van der Waals surface area (Å²) >= 11 is 0. The van der Waals surface area contributed by atoms with Gasteiger partial charge in [-0.05, 0) is 56.2 Å². The normalized spacial score (nSPS) is 20.1. The van der Waals surface area contributed by atoms with E-state index in [0.717, 1.165) is 5.75 Å². The predicted molar refractivity (Wildman–Crippen MR) is 75.7 cm³/mol. The largest absolute Gasteiger partial charge is 0.490 e. The van der Waals surface area contributed by atoms with Gasteiger partial charge in [-0.15, -0.1) is 0 Å². The summed E-state index contributed by atoms with van der Waals surface area (Å²) in [7, 11) is 0. The Morgan fingerprint density at radius 3 is 2.22 bits per heavy atom. The van der Waals surface area contributed by atoms with Crippen molar-refractivity contribution < 1.29 is 4.74 Å². The van der Waals surface area contributed by atoms with Gasteiger partial charge in [0.05, 0.1) is 6.10 Å². The second-order valence-electron chi connectivity index (χ2n) is 5.99. The van der Waals surface area contributed by atoms with Crippen LogP contribution in [0.5, 0.6) is 5.75 Å². The van der Waals surface area contributed by atoms with Gasteiger partial charge < -0.3 is 10.5 Å². The van der Waals surface area contributed by atoms with Crippen LogP contribution in [0.25, 0.3) is 0 Å². The maximum Gasteiger partial charge on any atom is 0.119 e. The minimum atomic E-state index is -0.272. The molecule has 18 heavy (non-hydrogen) atoms. The lowest BCUT2D eigenvalue weighted by Gasteiger charge is -2.30. The van der Waals surface area contributed by atoms with Crippen LogP contribution >= 0.6 is 0 Å². The van der Waals surface area contributed by atoms with Gasteiger partial charge in [-0.3, -0.25) is 0 Å². The molecule has 1 aromatic carbocycles. The molecule has 1 fully saturated rings. The van der Waals surface area contributed by atoms with Gasteiger partial charge in [0.25, 0.3) is 0 Å². The summed E-state index contributed by atoms with van der Waals surface area (Å²) in [5, 5.41) is 0. The quantitative estimate of drug-likeness (QED) is 0.877. The second-order valence-corrected chi connectivity index (χ2v) is 5.99. The van der Waals surface area contributed by atoms with Gasteiger partial charge in [0, 0.05) is 5.54 Å². The van der Waals surface area contributed by atoms with Crippen LogP contribution in [0.2, 0.25) is 0 Å². The van der Waals surface area contributed by atoms with Crippen molar-refractivity contribution in [2.45, 2.75) is 58.1 Å². The summed E-state index contributed by atoms with van der Waals surface area (Å²) in [5.74, 6) is 1.39. The van der Waals surface area contributed by atoms with Crippen molar-refractivity contribution >= 4 is 0 Å². The van der Waals surface area contributed by atoms with E-state index in [0.29, 0.717) is 12.0 Å². The second kappa shape index (κ2) is 5.31. The Morgan fingerprint density at radius 2 is 1.72 bits per heavy atom. The van der Waals surface area contributed by atoms with Crippen LogP contribution in [0.15, 0.2) is 24.3 Å². The lowest BCUT2D eigenvalue weighted by atomic mass is 9.83. The fraction of sp³-hybridized carbons (Fsp3) is 0.625. The monoisotopic (exact) mass is 247 g/mol. The summed E-state index contributed by atoms with van der Waals surface area (Å²) in [6, 6.07) is 8.32. The van der Waals surface area contributed by atoms with Crippen LogP contribution < -0.4 is 10.5 Å². The lowest BCUT2D eigenvalue weighted by molar-refractivity contribution is 0.210. The average Bonchev–Trinajstić information content (AvgIpc) is 2.82. The molecule has 0 aromatic heterocycles. The SMILES string of the molecule is CC(C)C(C)(N)c1ccc(OC2CCCC2)cc1. The molecule has 1 saturated carbocycles. The minimum Gasteiger partial charge on any atom is -0.490 e. The lowest BCUT2D eigenvalue weighted by Crippen LogP contribution is -2.38. The Kier molecular flexibility index (Phi) is 3.96. The summed E-state index contributed by atoms with van der Waals surface area (Å²) in [5.41, 5.74) is 7.26. The molecule has 1 aromatic rings. The Bertz CT molecular complexity index is 375. The highest BCUT2D eigenvalue weighted by atomic mass is 16.5. The average molecular weight is 247 g/mol. The van der Waals surface area contributed by atoms with Crippen LogP contribution in [0.3, 0.4) is 0 Å². The van der Waals surface area contributed by atoms with Gasteiger partial charge in [0.1, 0.15) is 5.75 Å². The molecule has 0 heterocycles. The van der Waals surface area contributed by atoms with Crippen molar-refractivity contribution in [2.24, 2.45) is 11.7 Å². The van der Waals surface area contributed by atoms with E-state index in [1.165, 1.54) is 31.2 Å². The van der Waals surface area contributed by atoms with Gasteiger partial charge in [0.15, 0.2) is 0 Å². The minimum absolute atomic E-state index is 0.272. The molecule has 0 aliphatic heterocycles. The molecule has 0 spiro atoms. The third-order valence-electron chi connectivity index (χ3n) is 4.28. The van der Waals surface area contributed by atoms with Crippen LogP contribution in [0.4, 0.5) is 0 Å². The van der Waals surface area contributed by atoms with Gasteiger partial charge in [0.2, 0.25) is 0 Å². The number of rotatable bonds is 4. The van der Waals surface area contributed by atoms with Gasteiger partial charge >= 0.3 is 0 Å². The standard InChI is InChI=1S/C16H25NO/c1-12(2)16(3,17)13-8-10-15(11-9-13)18-14-6-4-5-7-14/h8-12,14H,4-7,17H2,1-3H3. The zero-order chi connectivity index (χ0) is 13.2. The van der Waals surface area contributed by atoms with Crippen LogP contribution in [-0.2, 0) is 5.54 Å². The summed E-state index contributed by atoms with van der Waals surface area (Å²) in [4.78, 5) is 0. The van der Waals surface area contributed by atoms with E-state index in [4.69, 9.17) is 10.5 Å². The zero-order valence-corrected chi connectivity index (χ0v) is 11.8. The Balaban J connectivity index is 2.05. The molecule has 100 valence electrons. The van der Waals surface area contributed by atoms with E-state index < -0.39 is 0 Å². The van der Waals surface area contributed by atoms with E-state index in [9.17, 15) is 0 Å². The van der Waals surface area contributed by atoms with Gasteiger partial charge in [-0.2, -0.15) is 0 Å². The van der Waals surface area contributed by atoms with Crippen LogP contribution in [0, 0.1) is 5.92 Å². The maximum absolute atomic E-state index is 6.35. The van der Waals surface area contributed by atoms with Crippen LogP contribution in [0.1, 0.15) is 52.0 Å². The molecule has 2 heteroatoms. The molecule has 1 aliphatic rings. The molecule has 1 atom stereocenters. The Labute approximate surface area is 111 Å². The third kappa shape index (κ3) is 2.86. The molecule has 1 unspecified atom stereocenters. The molecular formula is C16H25NO. The van der Waals surface area contributed by atoms with E-state index in [1.807, 2.05) is 0 Å². The van der Waals surface area contributed by atoms with E-state index in [1.54, 1.807) is 0 Å². The number of hydrogen-bond donors (Lipinski definition) is 1. The molecule has 0 bridgehead atoms. The van der Waals surface area contributed by atoms with Crippen LogP contribution in [-0.4, -0.2) is 6.10 Å². The molecule has 0 radical (unpaired) electrons. The fourth-order valence-corrected chi connectivity index (χ4v) is 2.42. The van der Waals surface area contributed by atoms with Crippen molar-refractivity contribution in [1.82, 2.24) is 0 Å². The van der Waals surface area contributed by atoms with Gasteiger partial charge in [-0.25, -0.2) is 0 Å². The van der Waals surface area contributed by atoms with E-state index in [-0.39, 0.29) is 5.54 Å². The Hall–Kier alpha value is -1.02. The Morgan fingerprint density at radius 1 is 1.17 bits per heavy atom. The van der Waals surface area contributed by atoms with Crippen molar-refractivity contribution in [1.29, 1.82) is 0 Å². The molecule has 2 nitrogen and oxygen atoms in total. The predicted octanol–water partition coefficient (Wildman–Crippen LogP) is 3.84. The number of hydrogen-bond acceptors (Lipinski definition) is 2. The first-order chi connectivity index (χ1) is 8.50. The van der Waals surface area contributed by atoms with E-state index >= 15 is 0 Å². The highest BCUT2D eigenvalue weighted by Crippen LogP contribution is 2.29. The molecule has 0 saturated heterocycles. The molecule has 2 rings (SSSR count). The van der Waals surface area contributed by atoms with Crippen molar-refractivity contribution in [3.8, 4) is 5.75 Å². The molecule has 0 amide bonds. The van der Waals surface area contributed by atoms with Gasteiger partial charge in [-0.1, -0.05) is 26.0 Å². The van der Waals surface area contributed by atoms with E-state index in [2.05, 4.69) is 45.0 Å². The first-order valence-electron chi connectivity index (χ1n) is 7.06.